The van der Waals surface area contributed by atoms with Crippen molar-refractivity contribution in [1.29, 1.82) is 0 Å². The number of anilines is 1. The number of rotatable bonds is 2. The van der Waals surface area contributed by atoms with Gasteiger partial charge in [-0.1, -0.05) is 0 Å². The highest BCUT2D eigenvalue weighted by molar-refractivity contribution is 9.10. The molecule has 0 saturated carbocycles. The van der Waals surface area contributed by atoms with Gasteiger partial charge in [-0.05, 0) is 34.5 Å². The van der Waals surface area contributed by atoms with E-state index in [1.807, 2.05) is 30.1 Å². The number of nitrogens with two attached hydrogens (primary N) is 1. The molecule has 2 N–H and O–H groups in total. The fourth-order valence-corrected chi connectivity index (χ4v) is 1.76. The molecule has 2 aromatic heterocycles. The van der Waals surface area contributed by atoms with Gasteiger partial charge in [0.15, 0.2) is 0 Å². The van der Waals surface area contributed by atoms with E-state index in [0.29, 0.717) is 6.54 Å². The Morgan fingerprint density at radius 1 is 1.47 bits per heavy atom. The van der Waals surface area contributed by atoms with E-state index in [9.17, 15) is 0 Å². The molecule has 4 nitrogen and oxygen atoms in total. The Labute approximate surface area is 96.3 Å². The van der Waals surface area contributed by atoms with Crippen molar-refractivity contribution in [3.05, 3.63) is 40.4 Å². The standard InChI is InChI=1S/C10H11BrN4/c1-7-10(12)6-15(14-7)5-8-2-9(11)4-13-3-8/h2-4,6H,5,12H2,1H3. The summed E-state index contributed by atoms with van der Waals surface area (Å²) in [6.07, 6.45) is 5.40. The Balaban J connectivity index is 2.22. The van der Waals surface area contributed by atoms with Gasteiger partial charge >= 0.3 is 0 Å². The zero-order valence-electron chi connectivity index (χ0n) is 8.31. The fraction of sp³-hybridized carbons (Fsp3) is 0.200. The van der Waals surface area contributed by atoms with Gasteiger partial charge in [0.1, 0.15) is 0 Å². The first-order valence-corrected chi connectivity index (χ1v) is 5.33. The molecule has 0 spiro atoms. The Hall–Kier alpha value is -1.36. The largest absolute Gasteiger partial charge is 0.396 e. The monoisotopic (exact) mass is 266 g/mol. The summed E-state index contributed by atoms with van der Waals surface area (Å²) in [4.78, 5) is 4.09. The van der Waals surface area contributed by atoms with E-state index < -0.39 is 0 Å². The maximum absolute atomic E-state index is 5.72. The predicted molar refractivity (Wildman–Crippen MR) is 62.4 cm³/mol. The zero-order chi connectivity index (χ0) is 10.8. The molecule has 0 aliphatic carbocycles. The molecule has 0 fully saturated rings. The summed E-state index contributed by atoms with van der Waals surface area (Å²) < 4.78 is 2.78. The van der Waals surface area contributed by atoms with Gasteiger partial charge in [0.2, 0.25) is 0 Å². The molecule has 15 heavy (non-hydrogen) atoms. The van der Waals surface area contributed by atoms with E-state index in [1.165, 1.54) is 0 Å². The van der Waals surface area contributed by atoms with Gasteiger partial charge in [-0.25, -0.2) is 0 Å². The lowest BCUT2D eigenvalue weighted by atomic mass is 10.3. The van der Waals surface area contributed by atoms with Crippen molar-refractivity contribution in [1.82, 2.24) is 14.8 Å². The van der Waals surface area contributed by atoms with Gasteiger partial charge in [0.05, 0.1) is 17.9 Å². The van der Waals surface area contributed by atoms with Crippen LogP contribution in [0.4, 0.5) is 5.69 Å². The number of aryl methyl sites for hydroxylation is 1. The molecule has 0 atom stereocenters. The summed E-state index contributed by atoms with van der Waals surface area (Å²) in [6.45, 7) is 2.58. The van der Waals surface area contributed by atoms with E-state index >= 15 is 0 Å². The predicted octanol–water partition coefficient (Wildman–Crippen LogP) is 1.98. The van der Waals surface area contributed by atoms with Crippen LogP contribution < -0.4 is 5.73 Å². The lowest BCUT2D eigenvalue weighted by Gasteiger charge is -2.01. The van der Waals surface area contributed by atoms with Crippen LogP contribution in [-0.2, 0) is 6.54 Å². The molecule has 0 radical (unpaired) electrons. The summed E-state index contributed by atoms with van der Waals surface area (Å²) in [6, 6.07) is 2.01. The lowest BCUT2D eigenvalue weighted by molar-refractivity contribution is 0.677. The average molecular weight is 267 g/mol. The van der Waals surface area contributed by atoms with Gasteiger partial charge in [-0.2, -0.15) is 5.10 Å². The molecular formula is C10H11BrN4. The van der Waals surface area contributed by atoms with Crippen molar-refractivity contribution < 1.29 is 0 Å². The molecule has 0 aliphatic heterocycles. The Kier molecular flexibility index (Phi) is 2.73. The van der Waals surface area contributed by atoms with E-state index in [0.717, 1.165) is 21.4 Å². The normalized spacial score (nSPS) is 10.5. The van der Waals surface area contributed by atoms with Crippen LogP contribution in [0.15, 0.2) is 29.1 Å². The summed E-state index contributed by atoms with van der Waals surface area (Å²) in [5, 5.41) is 4.28. The number of aromatic nitrogens is 3. The van der Waals surface area contributed by atoms with Crippen LogP contribution in [0.3, 0.4) is 0 Å². The van der Waals surface area contributed by atoms with Gasteiger partial charge in [-0.3, -0.25) is 9.67 Å². The second-order valence-electron chi connectivity index (χ2n) is 3.38. The summed E-state index contributed by atoms with van der Waals surface area (Å²) in [7, 11) is 0. The van der Waals surface area contributed by atoms with E-state index in [2.05, 4.69) is 26.0 Å². The third-order valence-electron chi connectivity index (χ3n) is 2.09. The van der Waals surface area contributed by atoms with Crippen molar-refractivity contribution in [2.75, 3.05) is 5.73 Å². The smallest absolute Gasteiger partial charge is 0.0823 e. The molecule has 2 aromatic rings. The minimum Gasteiger partial charge on any atom is -0.396 e. The van der Waals surface area contributed by atoms with E-state index in [4.69, 9.17) is 5.73 Å². The molecular weight excluding hydrogens is 256 g/mol. The van der Waals surface area contributed by atoms with Gasteiger partial charge < -0.3 is 5.73 Å². The van der Waals surface area contributed by atoms with Crippen LogP contribution in [0, 0.1) is 6.92 Å². The Morgan fingerprint density at radius 2 is 2.27 bits per heavy atom. The SMILES string of the molecule is Cc1nn(Cc2cncc(Br)c2)cc1N. The molecule has 2 rings (SSSR count). The summed E-state index contributed by atoms with van der Waals surface area (Å²) >= 11 is 3.38. The quantitative estimate of drug-likeness (QED) is 0.905. The number of hydrogen-bond donors (Lipinski definition) is 1. The maximum atomic E-state index is 5.72. The third-order valence-corrected chi connectivity index (χ3v) is 2.52. The number of halogens is 1. The van der Waals surface area contributed by atoms with E-state index in [-0.39, 0.29) is 0 Å². The highest BCUT2D eigenvalue weighted by Crippen LogP contribution is 2.12. The first kappa shape index (κ1) is 10.2. The average Bonchev–Trinajstić information content (AvgIpc) is 2.45. The Morgan fingerprint density at radius 3 is 2.87 bits per heavy atom. The molecule has 2 heterocycles. The molecule has 0 saturated heterocycles. The molecule has 5 heteroatoms. The number of pyridine rings is 1. The minimum absolute atomic E-state index is 0.685. The number of nitrogens with zero attached hydrogens (tertiary/aromatic N) is 3. The van der Waals surface area contributed by atoms with Crippen LogP contribution >= 0.6 is 15.9 Å². The van der Waals surface area contributed by atoms with Crippen LogP contribution in [0.2, 0.25) is 0 Å². The highest BCUT2D eigenvalue weighted by atomic mass is 79.9. The highest BCUT2D eigenvalue weighted by Gasteiger charge is 2.02. The first-order valence-electron chi connectivity index (χ1n) is 4.54. The van der Waals surface area contributed by atoms with Crippen molar-refractivity contribution >= 4 is 21.6 Å². The summed E-state index contributed by atoms with van der Waals surface area (Å²) in [5.74, 6) is 0. The molecule has 0 unspecified atom stereocenters. The van der Waals surface area contributed by atoms with Crippen LogP contribution in [0.1, 0.15) is 11.3 Å². The van der Waals surface area contributed by atoms with Crippen molar-refractivity contribution in [2.45, 2.75) is 13.5 Å². The Bertz CT molecular complexity index is 459. The second-order valence-corrected chi connectivity index (χ2v) is 4.29. The van der Waals surface area contributed by atoms with Gasteiger partial charge in [0.25, 0.3) is 0 Å². The first-order chi connectivity index (χ1) is 7.15. The topological polar surface area (TPSA) is 56.7 Å². The number of hydrogen-bond acceptors (Lipinski definition) is 3. The van der Waals surface area contributed by atoms with Crippen molar-refractivity contribution in [3.63, 3.8) is 0 Å². The van der Waals surface area contributed by atoms with Gasteiger partial charge in [-0.15, -0.1) is 0 Å². The zero-order valence-corrected chi connectivity index (χ0v) is 9.90. The molecule has 0 aliphatic rings. The van der Waals surface area contributed by atoms with Crippen LogP contribution in [-0.4, -0.2) is 14.8 Å². The van der Waals surface area contributed by atoms with Crippen molar-refractivity contribution in [2.24, 2.45) is 0 Å². The molecule has 0 amide bonds. The van der Waals surface area contributed by atoms with Crippen LogP contribution in [0.25, 0.3) is 0 Å². The lowest BCUT2D eigenvalue weighted by Crippen LogP contribution is -2.00. The van der Waals surface area contributed by atoms with E-state index in [1.54, 1.807) is 6.20 Å². The summed E-state index contributed by atoms with van der Waals surface area (Å²) in [5.41, 5.74) is 8.39. The number of nitrogen functional groups attached to an aromatic ring is 1. The minimum atomic E-state index is 0.685. The molecule has 0 bridgehead atoms. The molecule has 78 valence electrons. The second kappa shape index (κ2) is 4.02. The van der Waals surface area contributed by atoms with Crippen molar-refractivity contribution in [3.8, 4) is 0 Å². The van der Waals surface area contributed by atoms with Crippen LogP contribution in [0.5, 0.6) is 0 Å². The fourth-order valence-electron chi connectivity index (χ4n) is 1.34. The maximum Gasteiger partial charge on any atom is 0.0823 e. The van der Waals surface area contributed by atoms with Gasteiger partial charge in [0, 0.05) is 23.1 Å². The molecule has 0 aromatic carbocycles. The third kappa shape index (κ3) is 2.36.